The van der Waals surface area contributed by atoms with Crippen LogP contribution in [0.1, 0.15) is 21.7 Å². The number of hydrogen-bond acceptors (Lipinski definition) is 4. The number of rotatable bonds is 3. The van der Waals surface area contributed by atoms with Crippen LogP contribution in [0.4, 0.5) is 9.93 Å². The number of aryl methyl sites for hydroxylation is 1. The molecule has 2 heterocycles. The number of benzene rings is 1. The molecule has 0 atom stereocenters. The maximum atomic E-state index is 11.9. The van der Waals surface area contributed by atoms with E-state index >= 15 is 0 Å². The predicted octanol–water partition coefficient (Wildman–Crippen LogP) is 3.23. The Labute approximate surface area is 140 Å². The molecule has 6 heteroatoms. The van der Waals surface area contributed by atoms with Crippen LogP contribution in [-0.2, 0) is 13.0 Å². The van der Waals surface area contributed by atoms with Crippen LogP contribution in [0.25, 0.3) is 6.08 Å². The quantitative estimate of drug-likeness (QED) is 0.909. The number of likely N-dealkylation sites (N-methyl/N-ethyl adjacent to an activating group) is 1. The van der Waals surface area contributed by atoms with Gasteiger partial charge in [0, 0.05) is 30.6 Å². The van der Waals surface area contributed by atoms with E-state index in [1.165, 1.54) is 10.4 Å². The second kappa shape index (κ2) is 6.93. The van der Waals surface area contributed by atoms with E-state index in [2.05, 4.69) is 27.6 Å². The minimum Gasteiger partial charge on any atom is -0.314 e. The van der Waals surface area contributed by atoms with Gasteiger partial charge in [-0.1, -0.05) is 29.8 Å². The van der Waals surface area contributed by atoms with Crippen LogP contribution in [0.15, 0.2) is 30.5 Å². The molecule has 1 aromatic heterocycles. The van der Waals surface area contributed by atoms with Crippen molar-refractivity contribution in [1.29, 1.82) is 0 Å². The number of carbonyl (C=O) groups excluding carboxylic acids is 1. The molecular weight excluding hydrogens is 308 g/mol. The van der Waals surface area contributed by atoms with Crippen LogP contribution in [0, 0.1) is 6.92 Å². The first-order valence-electron chi connectivity index (χ1n) is 7.58. The Morgan fingerprint density at radius 2 is 2.13 bits per heavy atom. The Morgan fingerprint density at radius 3 is 2.91 bits per heavy atom. The van der Waals surface area contributed by atoms with E-state index in [0.717, 1.165) is 30.8 Å². The fourth-order valence-corrected chi connectivity index (χ4v) is 3.48. The van der Waals surface area contributed by atoms with Gasteiger partial charge in [-0.2, -0.15) is 0 Å². The van der Waals surface area contributed by atoms with Gasteiger partial charge in [-0.3, -0.25) is 5.32 Å². The van der Waals surface area contributed by atoms with Crippen molar-refractivity contribution in [2.45, 2.75) is 19.9 Å². The summed E-state index contributed by atoms with van der Waals surface area (Å²) in [7, 11) is 2.10. The number of nitrogens with one attached hydrogen (secondary N) is 2. The lowest BCUT2D eigenvalue weighted by Gasteiger charge is -2.20. The Morgan fingerprint density at radius 1 is 1.35 bits per heavy atom. The van der Waals surface area contributed by atoms with Crippen molar-refractivity contribution in [1.82, 2.24) is 15.2 Å². The first-order chi connectivity index (χ1) is 11.1. The number of carbonyl (C=O) groups is 1. The minimum atomic E-state index is -0.271. The molecule has 0 bridgehead atoms. The third kappa shape index (κ3) is 4.18. The van der Waals surface area contributed by atoms with Gasteiger partial charge in [0.25, 0.3) is 0 Å². The van der Waals surface area contributed by atoms with Crippen LogP contribution >= 0.6 is 11.3 Å². The Hall–Kier alpha value is -2.18. The molecule has 0 radical (unpaired) electrons. The lowest BCUT2D eigenvalue weighted by atomic mass is 10.1. The molecular formula is C17H20N4OS. The summed E-state index contributed by atoms with van der Waals surface area (Å²) in [5.74, 6) is 0. The van der Waals surface area contributed by atoms with Crippen LogP contribution in [-0.4, -0.2) is 29.5 Å². The van der Waals surface area contributed by atoms with Gasteiger partial charge in [-0.05, 0) is 25.6 Å². The highest BCUT2D eigenvalue weighted by Crippen LogP contribution is 2.27. The fourth-order valence-electron chi connectivity index (χ4n) is 2.40. The van der Waals surface area contributed by atoms with Crippen molar-refractivity contribution in [3.05, 3.63) is 52.2 Å². The number of nitrogens with zero attached hydrogens (tertiary/aromatic N) is 2. The van der Waals surface area contributed by atoms with Crippen molar-refractivity contribution < 1.29 is 4.79 Å². The predicted molar refractivity (Wildman–Crippen MR) is 94.5 cm³/mol. The third-order valence-electron chi connectivity index (χ3n) is 3.71. The van der Waals surface area contributed by atoms with Crippen molar-refractivity contribution in [2.24, 2.45) is 0 Å². The minimum absolute atomic E-state index is 0.271. The van der Waals surface area contributed by atoms with Gasteiger partial charge >= 0.3 is 6.03 Å². The van der Waals surface area contributed by atoms with Gasteiger partial charge in [-0.25, -0.2) is 9.78 Å². The molecule has 3 rings (SSSR count). The average Bonchev–Trinajstić information content (AvgIpc) is 2.90. The molecule has 2 aromatic rings. The molecule has 1 aliphatic rings. The van der Waals surface area contributed by atoms with E-state index in [1.54, 1.807) is 17.5 Å². The van der Waals surface area contributed by atoms with E-state index in [4.69, 9.17) is 0 Å². The van der Waals surface area contributed by atoms with E-state index in [9.17, 15) is 4.79 Å². The summed E-state index contributed by atoms with van der Waals surface area (Å²) in [6, 6.07) is 7.83. The van der Waals surface area contributed by atoms with Crippen molar-refractivity contribution in [3.8, 4) is 0 Å². The number of urea groups is 1. The number of aromatic nitrogens is 1. The monoisotopic (exact) mass is 328 g/mol. The zero-order chi connectivity index (χ0) is 16.2. The highest BCUT2D eigenvalue weighted by atomic mass is 32.1. The van der Waals surface area contributed by atoms with Crippen molar-refractivity contribution >= 4 is 28.6 Å². The maximum absolute atomic E-state index is 11.9. The first kappa shape index (κ1) is 15.7. The molecule has 2 N–H and O–H groups in total. The molecule has 23 heavy (non-hydrogen) atoms. The Kier molecular flexibility index (Phi) is 4.73. The smallest absolute Gasteiger partial charge is 0.314 e. The van der Waals surface area contributed by atoms with Gasteiger partial charge in [-0.15, -0.1) is 11.3 Å². The topological polar surface area (TPSA) is 57.3 Å². The third-order valence-corrected chi connectivity index (χ3v) is 4.71. The van der Waals surface area contributed by atoms with E-state index < -0.39 is 0 Å². The standard InChI is InChI=1S/C17H20N4OS/c1-12-3-5-13(6-4-12)7-9-18-16(22)20-17-19-14-8-10-21(2)11-15(14)23-17/h3-7,9H,8,10-11H2,1-2H3,(H2,18,19,20,22)/b9-7+. The molecule has 1 aliphatic heterocycles. The normalized spacial score (nSPS) is 14.7. The van der Waals surface area contributed by atoms with Gasteiger partial charge in [0.15, 0.2) is 5.13 Å². The van der Waals surface area contributed by atoms with Crippen molar-refractivity contribution in [3.63, 3.8) is 0 Å². The molecule has 0 fully saturated rings. The zero-order valence-electron chi connectivity index (χ0n) is 13.3. The second-order valence-corrected chi connectivity index (χ2v) is 6.80. The average molecular weight is 328 g/mol. The summed E-state index contributed by atoms with van der Waals surface area (Å²) in [5, 5.41) is 6.16. The second-order valence-electron chi connectivity index (χ2n) is 5.72. The van der Waals surface area contributed by atoms with Crippen LogP contribution < -0.4 is 10.6 Å². The summed E-state index contributed by atoms with van der Waals surface area (Å²) in [4.78, 5) is 19.9. The lowest BCUT2D eigenvalue weighted by Crippen LogP contribution is -2.25. The van der Waals surface area contributed by atoms with Gasteiger partial charge in [0.05, 0.1) is 5.69 Å². The molecule has 1 aromatic carbocycles. The summed E-state index contributed by atoms with van der Waals surface area (Å²) >= 11 is 1.55. The van der Waals surface area contributed by atoms with E-state index in [-0.39, 0.29) is 6.03 Å². The molecule has 0 saturated carbocycles. The summed E-state index contributed by atoms with van der Waals surface area (Å²) < 4.78 is 0. The van der Waals surface area contributed by atoms with E-state index in [1.807, 2.05) is 37.3 Å². The molecule has 0 saturated heterocycles. The largest absolute Gasteiger partial charge is 0.325 e. The summed E-state index contributed by atoms with van der Waals surface area (Å²) in [5.41, 5.74) is 3.37. The number of amides is 2. The van der Waals surface area contributed by atoms with E-state index in [0.29, 0.717) is 5.13 Å². The lowest BCUT2D eigenvalue weighted by molar-refractivity contribution is 0.255. The molecule has 2 amide bonds. The highest BCUT2D eigenvalue weighted by Gasteiger charge is 2.18. The maximum Gasteiger partial charge on any atom is 0.325 e. The zero-order valence-corrected chi connectivity index (χ0v) is 14.1. The molecule has 0 spiro atoms. The Bertz CT molecular complexity index is 721. The van der Waals surface area contributed by atoms with Gasteiger partial charge < -0.3 is 10.2 Å². The van der Waals surface area contributed by atoms with Crippen LogP contribution in [0.3, 0.4) is 0 Å². The molecule has 0 unspecified atom stereocenters. The summed E-state index contributed by atoms with van der Waals surface area (Å²) in [6.45, 7) is 3.97. The number of anilines is 1. The van der Waals surface area contributed by atoms with Crippen LogP contribution in [0.5, 0.6) is 0 Å². The number of hydrogen-bond donors (Lipinski definition) is 2. The molecule has 120 valence electrons. The number of thiazole rings is 1. The summed E-state index contributed by atoms with van der Waals surface area (Å²) in [6.07, 6.45) is 4.45. The van der Waals surface area contributed by atoms with Gasteiger partial charge in [0.1, 0.15) is 0 Å². The fraction of sp³-hybridized carbons (Fsp3) is 0.294. The van der Waals surface area contributed by atoms with Crippen molar-refractivity contribution in [2.75, 3.05) is 18.9 Å². The molecule has 0 aliphatic carbocycles. The Balaban J connectivity index is 1.54. The first-order valence-corrected chi connectivity index (χ1v) is 8.39. The van der Waals surface area contributed by atoms with Crippen LogP contribution in [0.2, 0.25) is 0 Å². The highest BCUT2D eigenvalue weighted by molar-refractivity contribution is 7.15. The number of fused-ring (bicyclic) bond motifs is 1. The SMILES string of the molecule is Cc1ccc(/C=C/NC(=O)Nc2nc3c(s2)CN(C)CC3)cc1. The van der Waals surface area contributed by atoms with Gasteiger partial charge in [0.2, 0.25) is 0 Å². The molecule has 5 nitrogen and oxygen atoms in total.